The van der Waals surface area contributed by atoms with Crippen LogP contribution in [-0.2, 0) is 20.7 Å². The number of hydrogen-bond acceptors (Lipinski definition) is 5. The molecule has 1 heterocycles. The summed E-state index contributed by atoms with van der Waals surface area (Å²) in [5.74, 6) is -0.728. The highest BCUT2D eigenvalue weighted by atomic mass is 16.5. The summed E-state index contributed by atoms with van der Waals surface area (Å²) in [4.78, 5) is 24.0. The molecule has 0 saturated heterocycles. The third-order valence-corrected chi connectivity index (χ3v) is 4.14. The average molecular weight is 316 g/mol. The minimum Gasteiger partial charge on any atom is -0.452 e. The molecule has 1 fully saturated rings. The van der Waals surface area contributed by atoms with Crippen LogP contribution in [-0.4, -0.2) is 29.2 Å². The van der Waals surface area contributed by atoms with Gasteiger partial charge in [0.05, 0.1) is 6.42 Å². The molecule has 6 heteroatoms. The lowest BCUT2D eigenvalue weighted by Crippen LogP contribution is -2.41. The summed E-state index contributed by atoms with van der Waals surface area (Å²) in [6.07, 6.45) is 3.45. The molecule has 1 aliphatic carbocycles. The van der Waals surface area contributed by atoms with Crippen LogP contribution in [0, 0.1) is 0 Å². The van der Waals surface area contributed by atoms with Crippen LogP contribution in [0.2, 0.25) is 0 Å². The first-order chi connectivity index (χ1) is 11.1. The lowest BCUT2D eigenvalue weighted by Gasteiger charge is -2.16. The number of rotatable bonds is 5. The van der Waals surface area contributed by atoms with Crippen molar-refractivity contribution in [2.24, 2.45) is 0 Å². The second kappa shape index (κ2) is 6.81. The highest BCUT2D eigenvalue weighted by molar-refractivity contribution is 5.86. The van der Waals surface area contributed by atoms with E-state index in [1.807, 2.05) is 18.2 Å². The Balaban J connectivity index is 1.55. The Morgan fingerprint density at radius 3 is 2.87 bits per heavy atom. The van der Waals surface area contributed by atoms with Crippen molar-refractivity contribution < 1.29 is 18.8 Å². The number of carbonyl (C=O) groups excluding carboxylic acids is 2. The predicted molar refractivity (Wildman–Crippen MR) is 83.7 cm³/mol. The lowest BCUT2D eigenvalue weighted by molar-refractivity contribution is -0.154. The van der Waals surface area contributed by atoms with Crippen molar-refractivity contribution in [1.29, 1.82) is 0 Å². The lowest BCUT2D eigenvalue weighted by atomic mass is 10.2. The zero-order valence-corrected chi connectivity index (χ0v) is 13.1. The van der Waals surface area contributed by atoms with E-state index in [1.54, 1.807) is 13.0 Å². The molecule has 0 radical (unpaired) electrons. The molecular formula is C17H20N2O4. The number of fused-ring (bicyclic) bond motifs is 1. The van der Waals surface area contributed by atoms with Gasteiger partial charge < -0.3 is 14.6 Å². The number of aromatic nitrogens is 1. The van der Waals surface area contributed by atoms with Crippen molar-refractivity contribution in [2.45, 2.75) is 51.2 Å². The van der Waals surface area contributed by atoms with Crippen LogP contribution in [0.15, 0.2) is 28.8 Å². The Morgan fingerprint density at radius 1 is 1.35 bits per heavy atom. The second-order valence-corrected chi connectivity index (χ2v) is 5.92. The van der Waals surface area contributed by atoms with Gasteiger partial charge in [0, 0.05) is 11.4 Å². The van der Waals surface area contributed by atoms with E-state index in [-0.39, 0.29) is 18.4 Å². The summed E-state index contributed by atoms with van der Waals surface area (Å²) in [7, 11) is 0. The molecule has 1 aromatic heterocycles. The van der Waals surface area contributed by atoms with Gasteiger partial charge in [0.15, 0.2) is 11.7 Å². The van der Waals surface area contributed by atoms with Crippen LogP contribution in [0.1, 0.15) is 38.3 Å². The fourth-order valence-electron chi connectivity index (χ4n) is 2.88. The van der Waals surface area contributed by atoms with E-state index in [2.05, 4.69) is 10.5 Å². The van der Waals surface area contributed by atoms with Gasteiger partial charge in [-0.1, -0.05) is 30.1 Å². The number of ether oxygens (including phenoxy) is 1. The van der Waals surface area contributed by atoms with E-state index < -0.39 is 12.1 Å². The maximum Gasteiger partial charge on any atom is 0.312 e. The third-order valence-electron chi connectivity index (χ3n) is 4.14. The van der Waals surface area contributed by atoms with E-state index in [1.165, 1.54) is 0 Å². The van der Waals surface area contributed by atoms with Gasteiger partial charge in [-0.15, -0.1) is 0 Å². The minimum atomic E-state index is -0.804. The largest absolute Gasteiger partial charge is 0.452 e. The van der Waals surface area contributed by atoms with Gasteiger partial charge in [-0.05, 0) is 31.9 Å². The summed E-state index contributed by atoms with van der Waals surface area (Å²) >= 11 is 0. The first-order valence-corrected chi connectivity index (χ1v) is 7.96. The maximum absolute atomic E-state index is 12.0. The molecule has 2 aromatic rings. The first kappa shape index (κ1) is 15.5. The van der Waals surface area contributed by atoms with Crippen LogP contribution < -0.4 is 5.32 Å². The molecule has 1 aromatic carbocycles. The zero-order valence-electron chi connectivity index (χ0n) is 13.1. The SMILES string of the molecule is C[C@@H](OC(=O)Cc1noc2ccccc12)C(=O)NC1CCCC1. The van der Waals surface area contributed by atoms with Gasteiger partial charge >= 0.3 is 5.97 Å². The van der Waals surface area contributed by atoms with E-state index in [0.29, 0.717) is 11.3 Å². The summed E-state index contributed by atoms with van der Waals surface area (Å²) in [5, 5.41) is 7.60. The zero-order chi connectivity index (χ0) is 16.2. The Bertz CT molecular complexity index is 703. The van der Waals surface area contributed by atoms with Gasteiger partial charge in [-0.3, -0.25) is 9.59 Å². The number of nitrogens with zero attached hydrogens (tertiary/aromatic N) is 1. The van der Waals surface area contributed by atoms with E-state index in [4.69, 9.17) is 9.26 Å². The van der Waals surface area contributed by atoms with Crippen LogP contribution in [0.3, 0.4) is 0 Å². The van der Waals surface area contributed by atoms with Crippen molar-refractivity contribution in [1.82, 2.24) is 10.5 Å². The van der Waals surface area contributed by atoms with Gasteiger partial charge in [0.1, 0.15) is 5.69 Å². The standard InChI is InChI=1S/C17H20N2O4/c1-11(17(21)18-12-6-2-3-7-12)22-16(20)10-14-13-8-4-5-9-15(13)23-19-14/h4-5,8-9,11-12H,2-3,6-7,10H2,1H3,(H,18,21)/t11-/m1/s1. The van der Waals surface area contributed by atoms with E-state index in [9.17, 15) is 9.59 Å². The quantitative estimate of drug-likeness (QED) is 0.856. The second-order valence-electron chi connectivity index (χ2n) is 5.92. The number of benzene rings is 1. The summed E-state index contributed by atoms with van der Waals surface area (Å²) < 4.78 is 10.4. The molecule has 0 unspecified atom stereocenters. The average Bonchev–Trinajstić information content (AvgIpc) is 3.17. The molecule has 1 saturated carbocycles. The molecule has 1 amide bonds. The number of amides is 1. The van der Waals surface area contributed by atoms with Crippen molar-refractivity contribution in [3.63, 3.8) is 0 Å². The number of carbonyl (C=O) groups is 2. The number of para-hydroxylation sites is 1. The van der Waals surface area contributed by atoms with Crippen LogP contribution in [0.25, 0.3) is 11.0 Å². The van der Waals surface area contributed by atoms with Crippen molar-refractivity contribution >= 4 is 22.8 Å². The number of hydrogen-bond donors (Lipinski definition) is 1. The van der Waals surface area contributed by atoms with E-state index in [0.717, 1.165) is 31.1 Å². The molecule has 3 rings (SSSR count). The molecule has 0 aliphatic heterocycles. The summed E-state index contributed by atoms with van der Waals surface area (Å²) in [6.45, 7) is 1.59. The smallest absolute Gasteiger partial charge is 0.312 e. The fraction of sp³-hybridized carbons (Fsp3) is 0.471. The summed E-state index contributed by atoms with van der Waals surface area (Å²) in [5.41, 5.74) is 1.15. The number of esters is 1. The molecule has 0 spiro atoms. The van der Waals surface area contributed by atoms with Gasteiger partial charge in [-0.25, -0.2) is 0 Å². The van der Waals surface area contributed by atoms with Crippen molar-refractivity contribution in [2.75, 3.05) is 0 Å². The molecule has 122 valence electrons. The molecule has 0 bridgehead atoms. The van der Waals surface area contributed by atoms with Gasteiger partial charge in [0.25, 0.3) is 5.91 Å². The molecule has 6 nitrogen and oxygen atoms in total. The molecule has 23 heavy (non-hydrogen) atoms. The Kier molecular flexibility index (Phi) is 4.60. The molecule has 1 N–H and O–H groups in total. The van der Waals surface area contributed by atoms with Crippen LogP contribution >= 0.6 is 0 Å². The van der Waals surface area contributed by atoms with Crippen LogP contribution in [0.5, 0.6) is 0 Å². The maximum atomic E-state index is 12.0. The van der Waals surface area contributed by atoms with Gasteiger partial charge in [0.2, 0.25) is 0 Å². The molecular weight excluding hydrogens is 296 g/mol. The minimum absolute atomic E-state index is 0.0158. The van der Waals surface area contributed by atoms with E-state index >= 15 is 0 Å². The predicted octanol–water partition coefficient (Wildman–Crippen LogP) is 2.36. The first-order valence-electron chi connectivity index (χ1n) is 7.96. The number of nitrogens with one attached hydrogen (secondary N) is 1. The Morgan fingerprint density at radius 2 is 2.09 bits per heavy atom. The topological polar surface area (TPSA) is 81.4 Å². The third kappa shape index (κ3) is 3.70. The van der Waals surface area contributed by atoms with Crippen molar-refractivity contribution in [3.05, 3.63) is 30.0 Å². The normalized spacial score (nSPS) is 16.4. The van der Waals surface area contributed by atoms with Crippen molar-refractivity contribution in [3.8, 4) is 0 Å². The Labute approximate surface area is 134 Å². The van der Waals surface area contributed by atoms with Crippen LogP contribution in [0.4, 0.5) is 0 Å². The highest BCUT2D eigenvalue weighted by Gasteiger charge is 2.23. The monoisotopic (exact) mass is 316 g/mol. The highest BCUT2D eigenvalue weighted by Crippen LogP contribution is 2.19. The summed E-state index contributed by atoms with van der Waals surface area (Å²) in [6, 6.07) is 7.53. The molecule has 1 atom stereocenters. The molecule has 1 aliphatic rings. The Hall–Kier alpha value is -2.37. The fourth-order valence-corrected chi connectivity index (χ4v) is 2.88. The van der Waals surface area contributed by atoms with Gasteiger partial charge in [-0.2, -0.15) is 0 Å².